The predicted octanol–water partition coefficient (Wildman–Crippen LogP) is 3.87. The first-order chi connectivity index (χ1) is 14.9. The highest BCUT2D eigenvalue weighted by molar-refractivity contribution is 8.00. The number of nitrogens with one attached hydrogen (secondary N) is 1. The van der Waals surface area contributed by atoms with Crippen LogP contribution in [0.1, 0.15) is 26.2 Å². The smallest absolute Gasteiger partial charge is 0.243 e. The fourth-order valence-electron chi connectivity index (χ4n) is 3.65. The largest absolute Gasteiger partial charge is 0.325 e. The Morgan fingerprint density at radius 2 is 1.74 bits per heavy atom. The van der Waals surface area contributed by atoms with Crippen LogP contribution < -0.4 is 5.32 Å². The summed E-state index contributed by atoms with van der Waals surface area (Å²) in [5, 5.41) is 3.27. The van der Waals surface area contributed by atoms with Crippen molar-refractivity contribution in [3.63, 3.8) is 0 Å². The van der Waals surface area contributed by atoms with Gasteiger partial charge in [0, 0.05) is 25.8 Å². The molecule has 1 atom stereocenters. The molecule has 9 heteroatoms. The van der Waals surface area contributed by atoms with Gasteiger partial charge in [0.25, 0.3) is 0 Å². The minimum Gasteiger partial charge on any atom is -0.325 e. The van der Waals surface area contributed by atoms with Crippen LogP contribution in [0, 0.1) is 0 Å². The molecule has 2 heterocycles. The number of para-hydroxylation sites is 2. The summed E-state index contributed by atoms with van der Waals surface area (Å²) in [6.45, 7) is 2.96. The van der Waals surface area contributed by atoms with E-state index in [1.807, 2.05) is 42.8 Å². The maximum atomic E-state index is 12.8. The van der Waals surface area contributed by atoms with E-state index in [4.69, 9.17) is 0 Å². The normalized spacial score (nSPS) is 16.3. The molecule has 2 aromatic carbocycles. The van der Waals surface area contributed by atoms with Crippen LogP contribution in [0.15, 0.2) is 58.6 Å². The molecule has 0 saturated carbocycles. The number of aryl methyl sites for hydroxylation is 1. The Kier molecular flexibility index (Phi) is 6.36. The lowest BCUT2D eigenvalue weighted by atomic mass is 10.2. The highest BCUT2D eigenvalue weighted by Crippen LogP contribution is 2.27. The zero-order valence-electron chi connectivity index (χ0n) is 17.6. The summed E-state index contributed by atoms with van der Waals surface area (Å²) in [7, 11) is -1.54. The quantitative estimate of drug-likeness (QED) is 0.567. The van der Waals surface area contributed by atoms with Gasteiger partial charge < -0.3 is 9.88 Å². The molecule has 0 spiro atoms. The molecule has 1 aliphatic heterocycles. The number of piperidine rings is 1. The van der Waals surface area contributed by atoms with Gasteiger partial charge in [0.05, 0.1) is 21.2 Å². The second-order valence-electron chi connectivity index (χ2n) is 7.68. The van der Waals surface area contributed by atoms with Crippen molar-refractivity contribution < 1.29 is 13.2 Å². The highest BCUT2D eigenvalue weighted by Gasteiger charge is 2.26. The van der Waals surface area contributed by atoms with Gasteiger partial charge in [-0.15, -0.1) is 0 Å². The number of thioether (sulfide) groups is 1. The number of anilines is 1. The van der Waals surface area contributed by atoms with Gasteiger partial charge >= 0.3 is 0 Å². The van der Waals surface area contributed by atoms with Crippen LogP contribution in [0.3, 0.4) is 0 Å². The molecule has 1 N–H and O–H groups in total. The van der Waals surface area contributed by atoms with Crippen molar-refractivity contribution in [3.8, 4) is 0 Å². The van der Waals surface area contributed by atoms with E-state index in [1.165, 1.54) is 11.8 Å². The van der Waals surface area contributed by atoms with Crippen LogP contribution in [-0.2, 0) is 21.9 Å². The summed E-state index contributed by atoms with van der Waals surface area (Å²) >= 11 is 1.39. The van der Waals surface area contributed by atoms with E-state index in [9.17, 15) is 13.2 Å². The van der Waals surface area contributed by atoms with E-state index in [0.717, 1.165) is 35.5 Å². The molecule has 1 fully saturated rings. The van der Waals surface area contributed by atoms with Gasteiger partial charge in [-0.1, -0.05) is 30.3 Å². The molecule has 1 aromatic heterocycles. The predicted molar refractivity (Wildman–Crippen MR) is 124 cm³/mol. The van der Waals surface area contributed by atoms with Crippen molar-refractivity contribution >= 4 is 44.4 Å². The lowest BCUT2D eigenvalue weighted by Gasteiger charge is -2.25. The molecule has 0 aliphatic carbocycles. The number of sulfonamides is 1. The summed E-state index contributed by atoms with van der Waals surface area (Å²) in [4.78, 5) is 17.5. The number of amides is 1. The zero-order valence-corrected chi connectivity index (χ0v) is 19.2. The second-order valence-corrected chi connectivity index (χ2v) is 10.9. The molecule has 164 valence electrons. The summed E-state index contributed by atoms with van der Waals surface area (Å²) in [5.41, 5.74) is 2.48. The number of hydrogen-bond donors (Lipinski definition) is 1. The van der Waals surface area contributed by atoms with Crippen LogP contribution >= 0.6 is 11.8 Å². The zero-order chi connectivity index (χ0) is 22.0. The average molecular weight is 459 g/mol. The van der Waals surface area contributed by atoms with Crippen molar-refractivity contribution in [2.24, 2.45) is 7.05 Å². The Balaban J connectivity index is 1.41. The van der Waals surface area contributed by atoms with E-state index in [-0.39, 0.29) is 16.1 Å². The van der Waals surface area contributed by atoms with E-state index in [1.54, 1.807) is 28.6 Å². The molecule has 7 nitrogen and oxygen atoms in total. The monoisotopic (exact) mass is 458 g/mol. The molecular formula is C22H26N4O3S2. The number of carbonyl (C=O) groups is 1. The Morgan fingerprint density at radius 3 is 2.42 bits per heavy atom. The van der Waals surface area contributed by atoms with Crippen molar-refractivity contribution in [2.75, 3.05) is 18.4 Å². The topological polar surface area (TPSA) is 84.3 Å². The van der Waals surface area contributed by atoms with E-state index >= 15 is 0 Å². The molecular weight excluding hydrogens is 432 g/mol. The number of carbonyl (C=O) groups excluding carboxylic acids is 1. The number of rotatable bonds is 6. The summed E-state index contributed by atoms with van der Waals surface area (Å²) in [5.74, 6) is -0.163. The first-order valence-electron chi connectivity index (χ1n) is 10.4. The van der Waals surface area contributed by atoms with Gasteiger partial charge in [0.1, 0.15) is 0 Å². The maximum absolute atomic E-state index is 12.8. The van der Waals surface area contributed by atoms with Gasteiger partial charge in [-0.2, -0.15) is 4.31 Å². The van der Waals surface area contributed by atoms with Crippen molar-refractivity contribution in [3.05, 3.63) is 48.5 Å². The van der Waals surface area contributed by atoms with Crippen molar-refractivity contribution in [1.29, 1.82) is 0 Å². The number of benzene rings is 2. The lowest BCUT2D eigenvalue weighted by Crippen LogP contribution is -2.35. The molecule has 3 aromatic rings. The number of aromatic nitrogens is 2. The Labute approximate surface area is 186 Å². The molecule has 0 radical (unpaired) electrons. The Bertz CT molecular complexity index is 1180. The third kappa shape index (κ3) is 4.63. The molecule has 4 rings (SSSR count). The molecule has 1 aliphatic rings. The van der Waals surface area contributed by atoms with Crippen LogP contribution in [0.2, 0.25) is 0 Å². The molecule has 1 amide bonds. The average Bonchev–Trinajstić information content (AvgIpc) is 3.10. The van der Waals surface area contributed by atoms with Crippen LogP contribution in [0.5, 0.6) is 0 Å². The summed E-state index contributed by atoms with van der Waals surface area (Å²) < 4.78 is 29.0. The first-order valence-corrected chi connectivity index (χ1v) is 12.7. The first kappa shape index (κ1) is 21.9. The fraction of sp³-hybridized carbons (Fsp3) is 0.364. The molecule has 1 saturated heterocycles. The molecule has 1 unspecified atom stereocenters. The number of imidazole rings is 1. The van der Waals surface area contributed by atoms with Crippen LogP contribution in [0.4, 0.5) is 5.69 Å². The Morgan fingerprint density at radius 1 is 1.06 bits per heavy atom. The summed E-state index contributed by atoms with van der Waals surface area (Å²) in [6, 6.07) is 14.2. The fourth-order valence-corrected chi connectivity index (χ4v) is 6.06. The lowest BCUT2D eigenvalue weighted by molar-refractivity contribution is -0.115. The number of fused-ring (bicyclic) bond motifs is 1. The Hall–Kier alpha value is -2.36. The molecule has 31 heavy (non-hydrogen) atoms. The van der Waals surface area contributed by atoms with E-state index in [2.05, 4.69) is 10.3 Å². The van der Waals surface area contributed by atoms with Crippen molar-refractivity contribution in [2.45, 2.75) is 41.5 Å². The number of hydrogen-bond acceptors (Lipinski definition) is 5. The standard InChI is InChI=1S/C22H26N4O3S2/c1-16(30-22-24-19-8-4-5-9-20(19)25(22)2)21(27)23-17-10-12-18(13-11-17)31(28,29)26-14-6-3-7-15-26/h4-5,8-13,16H,3,6-7,14-15H2,1-2H3,(H,23,27). The highest BCUT2D eigenvalue weighted by atomic mass is 32.2. The van der Waals surface area contributed by atoms with Gasteiger partial charge in [-0.3, -0.25) is 4.79 Å². The third-order valence-corrected chi connectivity index (χ3v) is 8.53. The van der Waals surface area contributed by atoms with E-state index in [0.29, 0.717) is 18.8 Å². The van der Waals surface area contributed by atoms with E-state index < -0.39 is 10.0 Å². The minimum atomic E-state index is -3.48. The minimum absolute atomic E-state index is 0.163. The van der Waals surface area contributed by atoms with Crippen LogP contribution in [0.25, 0.3) is 11.0 Å². The van der Waals surface area contributed by atoms with Crippen molar-refractivity contribution in [1.82, 2.24) is 13.9 Å². The van der Waals surface area contributed by atoms with Gasteiger partial charge in [-0.05, 0) is 56.2 Å². The third-order valence-electron chi connectivity index (χ3n) is 5.47. The van der Waals surface area contributed by atoms with Crippen LogP contribution in [-0.4, -0.2) is 46.5 Å². The van der Waals surface area contributed by atoms with Gasteiger partial charge in [-0.25, -0.2) is 13.4 Å². The number of nitrogens with zero attached hydrogens (tertiary/aromatic N) is 3. The van der Waals surface area contributed by atoms with Gasteiger partial charge in [0.2, 0.25) is 15.9 Å². The van der Waals surface area contributed by atoms with Gasteiger partial charge in [0.15, 0.2) is 5.16 Å². The maximum Gasteiger partial charge on any atom is 0.243 e. The molecule has 0 bridgehead atoms. The SMILES string of the molecule is CC(Sc1nc2ccccc2n1C)C(=O)Nc1ccc(S(=O)(=O)N2CCCCC2)cc1. The second kappa shape index (κ2) is 9.02. The summed E-state index contributed by atoms with van der Waals surface area (Å²) in [6.07, 6.45) is 2.87.